The summed E-state index contributed by atoms with van der Waals surface area (Å²) >= 11 is 5.89. The number of hydrogen-bond acceptors (Lipinski definition) is 2. The zero-order valence-corrected chi connectivity index (χ0v) is 16.9. The number of likely N-dealkylation sites (tertiary alicyclic amines) is 1. The zero-order valence-electron chi connectivity index (χ0n) is 16.2. The molecule has 150 valence electrons. The second-order valence-corrected chi connectivity index (χ2v) is 7.97. The van der Waals surface area contributed by atoms with Gasteiger partial charge in [-0.15, -0.1) is 0 Å². The number of carbonyl (C=O) groups is 2. The fourth-order valence-electron chi connectivity index (χ4n) is 3.93. The summed E-state index contributed by atoms with van der Waals surface area (Å²) in [5.74, 6) is -0.114. The number of rotatable bonds is 5. The third-order valence-electron chi connectivity index (χ3n) is 5.54. The van der Waals surface area contributed by atoms with E-state index in [-0.39, 0.29) is 17.7 Å². The maximum Gasteiger partial charge on any atom is 0.229 e. The Labute approximate surface area is 175 Å². The first kappa shape index (κ1) is 19.5. The van der Waals surface area contributed by atoms with E-state index >= 15 is 0 Å². The first-order valence-corrected chi connectivity index (χ1v) is 10.4. The number of aromatic nitrogens is 1. The van der Waals surface area contributed by atoms with E-state index in [1.165, 1.54) is 5.39 Å². The van der Waals surface area contributed by atoms with Gasteiger partial charge in [-0.05, 0) is 55.2 Å². The van der Waals surface area contributed by atoms with E-state index in [9.17, 15) is 9.59 Å². The van der Waals surface area contributed by atoms with E-state index in [0.29, 0.717) is 24.4 Å². The van der Waals surface area contributed by atoms with Crippen molar-refractivity contribution in [2.45, 2.75) is 25.7 Å². The Morgan fingerprint density at radius 1 is 1.14 bits per heavy atom. The molecule has 2 heterocycles. The molecule has 0 radical (unpaired) electrons. The van der Waals surface area contributed by atoms with Gasteiger partial charge >= 0.3 is 0 Å². The maximum atomic E-state index is 12.8. The van der Waals surface area contributed by atoms with Crippen LogP contribution in [0.25, 0.3) is 10.9 Å². The first-order valence-electron chi connectivity index (χ1n) is 9.99. The lowest BCUT2D eigenvalue weighted by molar-refractivity contribution is -0.134. The predicted molar refractivity (Wildman–Crippen MR) is 116 cm³/mol. The molecule has 1 atom stereocenters. The SMILES string of the molecule is O=C(Nc1ccc(Cl)cc1)[C@H]1CCCN(C(=O)CCc2c[nH]c3ccccc23)C1. The van der Waals surface area contributed by atoms with Gasteiger partial charge in [0.25, 0.3) is 0 Å². The minimum atomic E-state index is -0.184. The van der Waals surface area contributed by atoms with E-state index < -0.39 is 0 Å². The zero-order chi connectivity index (χ0) is 20.2. The number of hydrogen-bond donors (Lipinski definition) is 2. The number of anilines is 1. The average Bonchev–Trinajstić information content (AvgIpc) is 3.17. The van der Waals surface area contributed by atoms with E-state index in [0.717, 1.165) is 36.2 Å². The summed E-state index contributed by atoms with van der Waals surface area (Å²) in [6, 6.07) is 15.2. The van der Waals surface area contributed by atoms with Gasteiger partial charge in [0.2, 0.25) is 11.8 Å². The molecule has 6 heteroatoms. The fourth-order valence-corrected chi connectivity index (χ4v) is 4.06. The largest absolute Gasteiger partial charge is 0.361 e. The van der Waals surface area contributed by atoms with Crippen molar-refractivity contribution in [1.82, 2.24) is 9.88 Å². The van der Waals surface area contributed by atoms with Gasteiger partial charge in [-0.25, -0.2) is 0 Å². The van der Waals surface area contributed by atoms with Crippen molar-refractivity contribution in [2.24, 2.45) is 5.92 Å². The minimum Gasteiger partial charge on any atom is -0.361 e. The molecular formula is C23H24ClN3O2. The average molecular weight is 410 g/mol. The topological polar surface area (TPSA) is 65.2 Å². The van der Waals surface area contributed by atoms with E-state index in [1.807, 2.05) is 29.3 Å². The van der Waals surface area contributed by atoms with Gasteiger partial charge in [-0.1, -0.05) is 29.8 Å². The Morgan fingerprint density at radius 2 is 1.93 bits per heavy atom. The van der Waals surface area contributed by atoms with E-state index in [1.54, 1.807) is 24.3 Å². The molecule has 0 unspecified atom stereocenters. The monoisotopic (exact) mass is 409 g/mol. The number of H-pyrrole nitrogens is 1. The van der Waals surface area contributed by atoms with Crippen LogP contribution in [0, 0.1) is 5.92 Å². The Balaban J connectivity index is 1.33. The minimum absolute atomic E-state index is 0.0403. The summed E-state index contributed by atoms with van der Waals surface area (Å²) in [7, 11) is 0. The highest BCUT2D eigenvalue weighted by atomic mass is 35.5. The first-order chi connectivity index (χ1) is 14.1. The molecule has 2 N–H and O–H groups in total. The van der Waals surface area contributed by atoms with Crippen LogP contribution in [-0.4, -0.2) is 34.8 Å². The molecule has 2 amide bonds. The normalized spacial score (nSPS) is 16.7. The molecular weight excluding hydrogens is 386 g/mol. The third kappa shape index (κ3) is 4.62. The molecule has 29 heavy (non-hydrogen) atoms. The number of aromatic amines is 1. The maximum absolute atomic E-state index is 12.8. The Bertz CT molecular complexity index is 1010. The number of fused-ring (bicyclic) bond motifs is 1. The number of piperidine rings is 1. The van der Waals surface area contributed by atoms with Crippen LogP contribution in [0.2, 0.25) is 5.02 Å². The Kier molecular flexibility index (Phi) is 5.86. The lowest BCUT2D eigenvalue weighted by atomic mass is 9.96. The highest BCUT2D eigenvalue weighted by Crippen LogP contribution is 2.22. The summed E-state index contributed by atoms with van der Waals surface area (Å²) in [4.78, 5) is 30.5. The van der Waals surface area contributed by atoms with Crippen molar-refractivity contribution in [2.75, 3.05) is 18.4 Å². The lowest BCUT2D eigenvalue weighted by Crippen LogP contribution is -2.43. The number of amides is 2. The molecule has 5 nitrogen and oxygen atoms in total. The van der Waals surface area contributed by atoms with Crippen LogP contribution in [0.15, 0.2) is 54.7 Å². The standard InChI is InChI=1S/C23H24ClN3O2/c24-18-8-10-19(11-9-18)26-23(29)17-4-3-13-27(15-17)22(28)12-7-16-14-25-21-6-2-1-5-20(16)21/h1-2,5-6,8-11,14,17,25H,3-4,7,12-13,15H2,(H,26,29)/t17-/m0/s1. The molecule has 3 aromatic rings. The van der Waals surface area contributed by atoms with E-state index in [4.69, 9.17) is 11.6 Å². The number of aryl methyl sites for hydroxylation is 1. The van der Waals surface area contributed by atoms with Gasteiger partial charge < -0.3 is 15.2 Å². The lowest BCUT2D eigenvalue weighted by Gasteiger charge is -2.32. The molecule has 2 aromatic carbocycles. The molecule has 0 aliphatic carbocycles. The van der Waals surface area contributed by atoms with Gasteiger partial charge in [0, 0.05) is 47.3 Å². The molecule has 1 aliphatic heterocycles. The molecule has 4 rings (SSSR count). The highest BCUT2D eigenvalue weighted by Gasteiger charge is 2.28. The number of nitrogens with zero attached hydrogens (tertiary/aromatic N) is 1. The molecule has 0 saturated carbocycles. The van der Waals surface area contributed by atoms with Crippen molar-refractivity contribution in [1.29, 1.82) is 0 Å². The predicted octanol–water partition coefficient (Wildman–Crippen LogP) is 4.63. The summed E-state index contributed by atoms with van der Waals surface area (Å²) in [6.45, 7) is 1.20. The van der Waals surface area contributed by atoms with Crippen LogP contribution in [0.5, 0.6) is 0 Å². The molecule has 0 spiro atoms. The van der Waals surface area contributed by atoms with Gasteiger partial charge in [0.1, 0.15) is 0 Å². The second-order valence-electron chi connectivity index (χ2n) is 7.53. The van der Waals surface area contributed by atoms with Gasteiger partial charge in [-0.3, -0.25) is 9.59 Å². The second kappa shape index (κ2) is 8.70. The van der Waals surface area contributed by atoms with Crippen LogP contribution in [0.3, 0.4) is 0 Å². The van der Waals surface area contributed by atoms with Gasteiger partial charge in [0.05, 0.1) is 5.92 Å². The quantitative estimate of drug-likeness (QED) is 0.645. The van der Waals surface area contributed by atoms with Crippen molar-refractivity contribution in [3.63, 3.8) is 0 Å². The number of halogens is 1. The summed E-state index contributed by atoms with van der Waals surface area (Å²) < 4.78 is 0. The van der Waals surface area contributed by atoms with Crippen molar-refractivity contribution in [3.8, 4) is 0 Å². The number of benzene rings is 2. The van der Waals surface area contributed by atoms with Crippen LogP contribution < -0.4 is 5.32 Å². The summed E-state index contributed by atoms with van der Waals surface area (Å²) in [5.41, 5.74) is 2.97. The van der Waals surface area contributed by atoms with Crippen LogP contribution in [0.4, 0.5) is 5.69 Å². The van der Waals surface area contributed by atoms with Crippen LogP contribution in [0.1, 0.15) is 24.8 Å². The number of carbonyl (C=O) groups excluding carboxylic acids is 2. The third-order valence-corrected chi connectivity index (χ3v) is 5.79. The van der Waals surface area contributed by atoms with Crippen molar-refractivity contribution < 1.29 is 9.59 Å². The van der Waals surface area contributed by atoms with Gasteiger partial charge in [0.15, 0.2) is 0 Å². The van der Waals surface area contributed by atoms with Crippen LogP contribution in [-0.2, 0) is 16.0 Å². The van der Waals surface area contributed by atoms with E-state index in [2.05, 4.69) is 16.4 Å². The smallest absolute Gasteiger partial charge is 0.229 e. The molecule has 0 bridgehead atoms. The molecule has 1 saturated heterocycles. The number of nitrogens with one attached hydrogen (secondary N) is 2. The summed E-state index contributed by atoms with van der Waals surface area (Å²) in [6.07, 6.45) is 4.77. The fraction of sp³-hybridized carbons (Fsp3) is 0.304. The summed E-state index contributed by atoms with van der Waals surface area (Å²) in [5, 5.41) is 4.73. The Morgan fingerprint density at radius 3 is 2.76 bits per heavy atom. The molecule has 1 aromatic heterocycles. The van der Waals surface area contributed by atoms with Gasteiger partial charge in [-0.2, -0.15) is 0 Å². The Hall–Kier alpha value is -2.79. The molecule has 1 fully saturated rings. The van der Waals surface area contributed by atoms with Crippen molar-refractivity contribution in [3.05, 3.63) is 65.3 Å². The molecule has 1 aliphatic rings. The van der Waals surface area contributed by atoms with Crippen molar-refractivity contribution >= 4 is 40.0 Å². The van der Waals surface area contributed by atoms with Crippen LogP contribution >= 0.6 is 11.6 Å². The highest BCUT2D eigenvalue weighted by molar-refractivity contribution is 6.30. The number of para-hydroxylation sites is 1.